The van der Waals surface area contributed by atoms with Crippen LogP contribution < -0.4 is 4.90 Å². The predicted molar refractivity (Wildman–Crippen MR) is 91.4 cm³/mol. The molecule has 1 saturated heterocycles. The van der Waals surface area contributed by atoms with Crippen LogP contribution in [0.5, 0.6) is 0 Å². The maximum absolute atomic E-state index is 9.54. The van der Waals surface area contributed by atoms with Crippen molar-refractivity contribution in [2.45, 2.75) is 19.4 Å². The number of nitriles is 1. The van der Waals surface area contributed by atoms with E-state index in [0.717, 1.165) is 42.6 Å². The van der Waals surface area contributed by atoms with Gasteiger partial charge in [-0.15, -0.1) is 0 Å². The first kappa shape index (κ1) is 14.6. The summed E-state index contributed by atoms with van der Waals surface area (Å²) in [5, 5.41) is 14.8. The van der Waals surface area contributed by atoms with Crippen molar-refractivity contribution in [1.82, 2.24) is 19.7 Å². The summed E-state index contributed by atoms with van der Waals surface area (Å²) in [5.74, 6) is 0.499. The zero-order valence-electron chi connectivity index (χ0n) is 13.3. The molecule has 0 amide bonds. The monoisotopic (exact) mass is 318 g/mol. The van der Waals surface area contributed by atoms with Crippen molar-refractivity contribution in [1.29, 1.82) is 5.26 Å². The van der Waals surface area contributed by atoms with E-state index in [4.69, 9.17) is 0 Å². The van der Waals surface area contributed by atoms with E-state index in [0.29, 0.717) is 11.5 Å². The molecule has 1 fully saturated rings. The van der Waals surface area contributed by atoms with Gasteiger partial charge in [-0.2, -0.15) is 10.4 Å². The van der Waals surface area contributed by atoms with Gasteiger partial charge in [0.05, 0.1) is 16.8 Å². The molecule has 6 heteroatoms. The van der Waals surface area contributed by atoms with Gasteiger partial charge >= 0.3 is 0 Å². The molecule has 1 aliphatic heterocycles. The number of rotatable bonds is 3. The summed E-state index contributed by atoms with van der Waals surface area (Å²) in [7, 11) is 0. The van der Waals surface area contributed by atoms with Gasteiger partial charge in [0.25, 0.3) is 0 Å². The molecule has 4 rings (SSSR count). The average Bonchev–Trinajstić information content (AvgIpc) is 3.14. The van der Waals surface area contributed by atoms with Crippen LogP contribution in [0.25, 0.3) is 10.9 Å². The molecule has 1 aliphatic rings. The lowest BCUT2D eigenvalue weighted by Crippen LogP contribution is -2.37. The lowest BCUT2D eigenvalue weighted by Gasteiger charge is -2.35. The Kier molecular flexibility index (Phi) is 3.83. The molecular weight excluding hydrogens is 300 g/mol. The Hall–Kier alpha value is -2.94. The molecule has 3 heterocycles. The normalized spacial score (nSPS) is 17.8. The van der Waals surface area contributed by atoms with Gasteiger partial charge in [-0.1, -0.05) is 18.2 Å². The van der Waals surface area contributed by atoms with Crippen LogP contribution in [0.2, 0.25) is 0 Å². The molecular formula is C18H18N6. The van der Waals surface area contributed by atoms with Crippen molar-refractivity contribution in [2.75, 3.05) is 18.0 Å². The Bertz CT molecular complexity index is 880. The first-order valence-corrected chi connectivity index (χ1v) is 8.20. The highest BCUT2D eigenvalue weighted by Crippen LogP contribution is 2.32. The van der Waals surface area contributed by atoms with E-state index in [1.807, 2.05) is 22.9 Å². The Morgan fingerprint density at radius 3 is 3.04 bits per heavy atom. The third-order valence-electron chi connectivity index (χ3n) is 4.61. The maximum Gasteiger partial charge on any atom is 0.137 e. The Balaban J connectivity index is 1.67. The number of fused-ring (bicyclic) bond motifs is 1. The summed E-state index contributed by atoms with van der Waals surface area (Å²) in [4.78, 5) is 10.8. The van der Waals surface area contributed by atoms with Gasteiger partial charge in [-0.3, -0.25) is 9.67 Å². The number of aromatic nitrogens is 4. The van der Waals surface area contributed by atoms with E-state index >= 15 is 0 Å². The van der Waals surface area contributed by atoms with Gasteiger partial charge in [-0.25, -0.2) is 4.98 Å². The van der Waals surface area contributed by atoms with Crippen LogP contribution in [0, 0.1) is 17.2 Å². The second-order valence-electron chi connectivity index (χ2n) is 6.22. The van der Waals surface area contributed by atoms with Gasteiger partial charge < -0.3 is 4.90 Å². The smallest absolute Gasteiger partial charge is 0.137 e. The second kappa shape index (κ2) is 6.28. The van der Waals surface area contributed by atoms with E-state index in [2.05, 4.69) is 32.1 Å². The van der Waals surface area contributed by atoms with Crippen LogP contribution in [0.1, 0.15) is 18.4 Å². The molecule has 0 bridgehead atoms. The Morgan fingerprint density at radius 1 is 1.29 bits per heavy atom. The topological polar surface area (TPSA) is 70.6 Å². The number of hydrogen-bond donors (Lipinski definition) is 0. The van der Waals surface area contributed by atoms with Gasteiger partial charge in [0, 0.05) is 31.2 Å². The van der Waals surface area contributed by atoms with Crippen LogP contribution in [-0.2, 0) is 6.54 Å². The maximum atomic E-state index is 9.54. The molecule has 3 aromatic rings. The largest absolute Gasteiger partial charge is 0.370 e. The number of anilines is 1. The molecule has 1 aromatic carbocycles. The zero-order chi connectivity index (χ0) is 16.4. The SMILES string of the molecule is N#Cc1cnc2ccccc2c1N1CCCC(Cn2cncn2)C1. The van der Waals surface area contributed by atoms with E-state index in [1.54, 1.807) is 18.9 Å². The number of hydrogen-bond acceptors (Lipinski definition) is 5. The molecule has 1 unspecified atom stereocenters. The van der Waals surface area contributed by atoms with E-state index in [9.17, 15) is 5.26 Å². The quantitative estimate of drug-likeness (QED) is 0.742. The van der Waals surface area contributed by atoms with Gasteiger partial charge in [0.2, 0.25) is 0 Å². The molecule has 0 N–H and O–H groups in total. The summed E-state index contributed by atoms with van der Waals surface area (Å²) >= 11 is 0. The molecule has 0 spiro atoms. The highest BCUT2D eigenvalue weighted by atomic mass is 15.3. The second-order valence-corrected chi connectivity index (χ2v) is 6.22. The van der Waals surface area contributed by atoms with Crippen molar-refractivity contribution in [3.8, 4) is 6.07 Å². The van der Waals surface area contributed by atoms with E-state index in [1.165, 1.54) is 6.42 Å². The number of benzene rings is 1. The van der Waals surface area contributed by atoms with Crippen molar-refractivity contribution >= 4 is 16.6 Å². The molecule has 120 valence electrons. The van der Waals surface area contributed by atoms with Crippen LogP contribution in [-0.4, -0.2) is 32.8 Å². The third kappa shape index (κ3) is 2.69. The summed E-state index contributed by atoms with van der Waals surface area (Å²) in [6.07, 6.45) is 7.31. The third-order valence-corrected chi connectivity index (χ3v) is 4.61. The average molecular weight is 318 g/mol. The first-order chi connectivity index (χ1) is 11.8. The summed E-state index contributed by atoms with van der Waals surface area (Å²) < 4.78 is 1.89. The molecule has 2 aromatic heterocycles. The Morgan fingerprint density at radius 2 is 2.21 bits per heavy atom. The molecule has 6 nitrogen and oxygen atoms in total. The van der Waals surface area contributed by atoms with Gasteiger partial charge in [0.15, 0.2) is 0 Å². The highest BCUT2D eigenvalue weighted by Gasteiger charge is 2.24. The van der Waals surface area contributed by atoms with Crippen LogP contribution in [0.3, 0.4) is 0 Å². The fourth-order valence-electron chi connectivity index (χ4n) is 3.56. The Labute approximate surface area is 140 Å². The van der Waals surface area contributed by atoms with Crippen LogP contribution in [0.4, 0.5) is 5.69 Å². The van der Waals surface area contributed by atoms with Crippen molar-refractivity contribution in [2.24, 2.45) is 5.92 Å². The summed E-state index contributed by atoms with van der Waals surface area (Å²) in [6, 6.07) is 10.4. The van der Waals surface area contributed by atoms with Crippen molar-refractivity contribution in [3.05, 3.63) is 48.7 Å². The number of nitrogens with zero attached hydrogens (tertiary/aromatic N) is 6. The summed E-state index contributed by atoms with van der Waals surface area (Å²) in [5.41, 5.74) is 2.60. The number of piperidine rings is 1. The van der Waals surface area contributed by atoms with Gasteiger partial charge in [-0.05, 0) is 24.8 Å². The molecule has 1 atom stereocenters. The minimum absolute atomic E-state index is 0.499. The fraction of sp³-hybridized carbons (Fsp3) is 0.333. The molecule has 24 heavy (non-hydrogen) atoms. The minimum Gasteiger partial charge on any atom is -0.370 e. The lowest BCUT2D eigenvalue weighted by molar-refractivity contribution is 0.352. The first-order valence-electron chi connectivity index (χ1n) is 8.20. The van der Waals surface area contributed by atoms with Crippen LogP contribution in [0.15, 0.2) is 43.1 Å². The fourth-order valence-corrected chi connectivity index (χ4v) is 3.56. The molecule has 0 saturated carbocycles. The predicted octanol–water partition coefficient (Wildman–Crippen LogP) is 2.61. The number of para-hydroxylation sites is 1. The number of pyridine rings is 1. The zero-order valence-corrected chi connectivity index (χ0v) is 13.3. The molecule has 0 aliphatic carbocycles. The standard InChI is InChI=1S/C18H18N6/c19-8-15-9-21-17-6-2-1-5-16(17)18(15)23-7-3-4-14(10-23)11-24-13-20-12-22-24/h1-2,5-6,9,12-14H,3-4,7,10-11H2. The molecule has 0 radical (unpaired) electrons. The van der Waals surface area contributed by atoms with Crippen molar-refractivity contribution in [3.63, 3.8) is 0 Å². The lowest BCUT2D eigenvalue weighted by atomic mass is 9.96. The van der Waals surface area contributed by atoms with Crippen LogP contribution >= 0.6 is 0 Å². The van der Waals surface area contributed by atoms with Crippen molar-refractivity contribution < 1.29 is 0 Å². The van der Waals surface area contributed by atoms with Gasteiger partial charge in [0.1, 0.15) is 18.7 Å². The minimum atomic E-state index is 0.499. The van der Waals surface area contributed by atoms with E-state index in [-0.39, 0.29) is 0 Å². The highest BCUT2D eigenvalue weighted by molar-refractivity contribution is 5.94. The summed E-state index contributed by atoms with van der Waals surface area (Å²) in [6.45, 7) is 2.75. The van der Waals surface area contributed by atoms with E-state index < -0.39 is 0 Å².